The van der Waals surface area contributed by atoms with E-state index < -0.39 is 0 Å². The first-order valence-corrected chi connectivity index (χ1v) is 4.61. The summed E-state index contributed by atoms with van der Waals surface area (Å²) in [5.74, 6) is 0.718. The van der Waals surface area contributed by atoms with Crippen molar-refractivity contribution in [1.29, 1.82) is 0 Å². The van der Waals surface area contributed by atoms with E-state index in [0.29, 0.717) is 0 Å². The maximum atomic E-state index is 4.41. The van der Waals surface area contributed by atoms with Gasteiger partial charge in [-0.05, 0) is 13.0 Å². The second-order valence-electron chi connectivity index (χ2n) is 4.05. The van der Waals surface area contributed by atoms with Crippen LogP contribution in [0.4, 0.5) is 5.95 Å². The molecule has 3 nitrogen and oxygen atoms in total. The summed E-state index contributed by atoms with van der Waals surface area (Å²) in [7, 11) is 0. The molecule has 0 bridgehead atoms. The fourth-order valence-electron chi connectivity index (χ4n) is 1.02. The topological polar surface area (TPSA) is 37.8 Å². The molecule has 0 atom stereocenters. The molecule has 0 aliphatic heterocycles. The van der Waals surface area contributed by atoms with Crippen molar-refractivity contribution in [1.82, 2.24) is 9.97 Å². The van der Waals surface area contributed by atoms with Gasteiger partial charge in [0, 0.05) is 18.2 Å². The van der Waals surface area contributed by atoms with Crippen molar-refractivity contribution >= 4 is 5.95 Å². The average Bonchev–Trinajstić information content (AvgIpc) is 2.04. The third kappa shape index (κ3) is 2.68. The van der Waals surface area contributed by atoms with Gasteiger partial charge in [0.05, 0.1) is 5.69 Å². The zero-order chi connectivity index (χ0) is 9.90. The number of aromatic nitrogens is 2. The number of rotatable bonds is 2. The lowest BCUT2D eigenvalue weighted by Crippen LogP contribution is -2.15. The molecule has 0 aromatic carbocycles. The highest BCUT2D eigenvalue weighted by Crippen LogP contribution is 2.19. The van der Waals surface area contributed by atoms with Crippen molar-refractivity contribution in [2.75, 3.05) is 11.9 Å². The molecule has 13 heavy (non-hydrogen) atoms. The van der Waals surface area contributed by atoms with Gasteiger partial charge in [-0.1, -0.05) is 20.8 Å². The van der Waals surface area contributed by atoms with Gasteiger partial charge >= 0.3 is 0 Å². The first-order valence-electron chi connectivity index (χ1n) is 4.61. The zero-order valence-electron chi connectivity index (χ0n) is 8.76. The molecule has 0 unspecified atom stereocenters. The summed E-state index contributed by atoms with van der Waals surface area (Å²) < 4.78 is 0. The zero-order valence-corrected chi connectivity index (χ0v) is 8.76. The van der Waals surface area contributed by atoms with Crippen molar-refractivity contribution in [3.63, 3.8) is 0 Å². The maximum absolute atomic E-state index is 4.41. The fourth-order valence-corrected chi connectivity index (χ4v) is 1.02. The second kappa shape index (κ2) is 3.73. The highest BCUT2D eigenvalue weighted by Gasteiger charge is 2.15. The molecule has 0 spiro atoms. The number of hydrogen-bond acceptors (Lipinski definition) is 3. The maximum Gasteiger partial charge on any atom is 0.222 e. The normalized spacial score (nSPS) is 11.4. The Morgan fingerprint density at radius 1 is 1.38 bits per heavy atom. The van der Waals surface area contributed by atoms with Crippen LogP contribution >= 0.6 is 0 Å². The van der Waals surface area contributed by atoms with Gasteiger partial charge in [-0.3, -0.25) is 0 Å². The largest absolute Gasteiger partial charge is 0.354 e. The lowest BCUT2D eigenvalue weighted by Gasteiger charge is -2.17. The predicted molar refractivity (Wildman–Crippen MR) is 54.9 cm³/mol. The van der Waals surface area contributed by atoms with Gasteiger partial charge < -0.3 is 5.32 Å². The van der Waals surface area contributed by atoms with E-state index in [1.807, 2.05) is 13.0 Å². The van der Waals surface area contributed by atoms with Gasteiger partial charge in [0.15, 0.2) is 0 Å². The van der Waals surface area contributed by atoms with Crippen LogP contribution in [0, 0.1) is 0 Å². The molecule has 1 rings (SSSR count). The predicted octanol–water partition coefficient (Wildman–Crippen LogP) is 2.21. The van der Waals surface area contributed by atoms with Crippen LogP contribution in [0.25, 0.3) is 0 Å². The summed E-state index contributed by atoms with van der Waals surface area (Å²) in [6.07, 6.45) is 1.80. The molecule has 0 aliphatic carbocycles. The number of hydrogen-bond donors (Lipinski definition) is 1. The molecule has 3 heteroatoms. The highest BCUT2D eigenvalue weighted by molar-refractivity contribution is 5.27. The first-order chi connectivity index (χ1) is 6.04. The van der Waals surface area contributed by atoms with Gasteiger partial charge in [0.2, 0.25) is 5.95 Å². The number of anilines is 1. The van der Waals surface area contributed by atoms with Crippen molar-refractivity contribution in [2.24, 2.45) is 0 Å². The quantitative estimate of drug-likeness (QED) is 0.756. The van der Waals surface area contributed by atoms with Crippen LogP contribution in [-0.2, 0) is 5.41 Å². The van der Waals surface area contributed by atoms with Gasteiger partial charge in [-0.25, -0.2) is 9.97 Å². The first kappa shape index (κ1) is 9.96. The molecule has 72 valence electrons. The smallest absolute Gasteiger partial charge is 0.222 e. The van der Waals surface area contributed by atoms with Crippen molar-refractivity contribution in [2.45, 2.75) is 33.1 Å². The van der Waals surface area contributed by atoms with Gasteiger partial charge in [0.25, 0.3) is 0 Å². The standard InChI is InChI=1S/C10H17N3/c1-5-11-9-12-7-6-8(13-9)10(2,3)4/h6-7H,5H2,1-4H3,(H,11,12,13). The Morgan fingerprint density at radius 2 is 2.08 bits per heavy atom. The third-order valence-corrected chi connectivity index (χ3v) is 1.76. The summed E-state index contributed by atoms with van der Waals surface area (Å²) in [6, 6.07) is 1.96. The Balaban J connectivity index is 2.92. The summed E-state index contributed by atoms with van der Waals surface area (Å²) in [5.41, 5.74) is 1.16. The van der Waals surface area contributed by atoms with Crippen molar-refractivity contribution in [3.05, 3.63) is 18.0 Å². The van der Waals surface area contributed by atoms with Gasteiger partial charge in [-0.2, -0.15) is 0 Å². The molecule has 0 aliphatic rings. The van der Waals surface area contributed by atoms with Crippen LogP contribution in [0.1, 0.15) is 33.4 Å². The van der Waals surface area contributed by atoms with Crippen LogP contribution in [0.3, 0.4) is 0 Å². The molecule has 1 heterocycles. The van der Waals surface area contributed by atoms with Crippen molar-refractivity contribution in [3.8, 4) is 0 Å². The highest BCUT2D eigenvalue weighted by atomic mass is 15.1. The lowest BCUT2D eigenvalue weighted by molar-refractivity contribution is 0.567. The van der Waals surface area contributed by atoms with E-state index in [0.717, 1.165) is 18.2 Å². The third-order valence-electron chi connectivity index (χ3n) is 1.76. The minimum Gasteiger partial charge on any atom is -0.354 e. The van der Waals surface area contributed by atoms with E-state index in [-0.39, 0.29) is 5.41 Å². The average molecular weight is 179 g/mol. The summed E-state index contributed by atoms with van der Waals surface area (Å²) >= 11 is 0. The molecule has 1 N–H and O–H groups in total. The molecule has 0 saturated heterocycles. The van der Waals surface area contributed by atoms with E-state index in [9.17, 15) is 0 Å². The molecule has 1 aromatic heterocycles. The SMILES string of the molecule is CCNc1nccc(C(C)(C)C)n1. The molecular formula is C10H17N3. The molecule has 0 fully saturated rings. The van der Waals surface area contributed by atoms with Crippen LogP contribution in [0.15, 0.2) is 12.3 Å². The fraction of sp³-hybridized carbons (Fsp3) is 0.600. The Kier molecular flexibility index (Phi) is 2.86. The van der Waals surface area contributed by atoms with Gasteiger partial charge in [0.1, 0.15) is 0 Å². The molecular weight excluding hydrogens is 162 g/mol. The van der Waals surface area contributed by atoms with Crippen LogP contribution in [0.2, 0.25) is 0 Å². The van der Waals surface area contributed by atoms with E-state index >= 15 is 0 Å². The van der Waals surface area contributed by atoms with E-state index in [1.165, 1.54) is 0 Å². The Hall–Kier alpha value is -1.12. The second-order valence-corrected chi connectivity index (χ2v) is 4.05. The van der Waals surface area contributed by atoms with E-state index in [1.54, 1.807) is 6.20 Å². The Labute approximate surface area is 79.6 Å². The van der Waals surface area contributed by atoms with E-state index in [4.69, 9.17) is 0 Å². The van der Waals surface area contributed by atoms with Crippen LogP contribution in [0.5, 0.6) is 0 Å². The Morgan fingerprint density at radius 3 is 2.62 bits per heavy atom. The monoisotopic (exact) mass is 179 g/mol. The van der Waals surface area contributed by atoms with Crippen LogP contribution < -0.4 is 5.32 Å². The lowest BCUT2D eigenvalue weighted by atomic mass is 9.92. The van der Waals surface area contributed by atoms with Crippen LogP contribution in [-0.4, -0.2) is 16.5 Å². The summed E-state index contributed by atoms with van der Waals surface area (Å²) in [6.45, 7) is 9.32. The summed E-state index contributed by atoms with van der Waals surface area (Å²) in [4.78, 5) is 8.53. The summed E-state index contributed by atoms with van der Waals surface area (Å²) in [5, 5.41) is 3.10. The molecule has 1 aromatic rings. The molecule has 0 saturated carbocycles. The minimum atomic E-state index is 0.0904. The van der Waals surface area contributed by atoms with Crippen molar-refractivity contribution < 1.29 is 0 Å². The number of nitrogens with zero attached hydrogens (tertiary/aromatic N) is 2. The number of nitrogens with one attached hydrogen (secondary N) is 1. The molecule has 0 radical (unpaired) electrons. The van der Waals surface area contributed by atoms with E-state index in [2.05, 4.69) is 36.1 Å². The Bertz CT molecular complexity index is 276. The van der Waals surface area contributed by atoms with Gasteiger partial charge in [-0.15, -0.1) is 0 Å². The minimum absolute atomic E-state index is 0.0904. The molecule has 0 amide bonds.